The summed E-state index contributed by atoms with van der Waals surface area (Å²) in [6.45, 7) is 6.32. The number of carbonyl (C=O) groups is 1. The Morgan fingerprint density at radius 3 is 2.61 bits per heavy atom. The molecule has 1 aliphatic rings. The quantitative estimate of drug-likeness (QED) is 0.870. The van der Waals surface area contributed by atoms with E-state index in [1.54, 1.807) is 0 Å². The van der Waals surface area contributed by atoms with Crippen molar-refractivity contribution in [3.8, 4) is 0 Å². The Labute approximate surface area is 108 Å². The molecule has 0 unspecified atom stereocenters. The summed E-state index contributed by atoms with van der Waals surface area (Å²) in [5.74, 6) is 1.89. The molecule has 18 heavy (non-hydrogen) atoms. The maximum atomic E-state index is 12.5. The highest BCUT2D eigenvalue weighted by Gasteiger charge is 2.39. The fourth-order valence-corrected chi connectivity index (χ4v) is 1.96. The van der Waals surface area contributed by atoms with Gasteiger partial charge in [-0.15, -0.1) is 0 Å². The molecule has 0 atom stereocenters. The molecule has 0 bridgehead atoms. The van der Waals surface area contributed by atoms with E-state index in [2.05, 4.69) is 5.32 Å². The number of rotatable bonds is 5. The molecular weight excluding hydrogens is 228 g/mol. The van der Waals surface area contributed by atoms with Crippen molar-refractivity contribution < 1.29 is 9.21 Å². The van der Waals surface area contributed by atoms with Crippen molar-refractivity contribution in [3.63, 3.8) is 0 Å². The maximum Gasteiger partial charge on any atom is 0.242 e. The lowest BCUT2D eigenvalue weighted by Gasteiger charge is -2.31. The predicted molar refractivity (Wildman–Crippen MR) is 70.2 cm³/mol. The van der Waals surface area contributed by atoms with E-state index < -0.39 is 5.54 Å². The number of aryl methyl sites for hydroxylation is 1. The third kappa shape index (κ3) is 2.75. The van der Waals surface area contributed by atoms with Gasteiger partial charge in [-0.3, -0.25) is 4.79 Å². The van der Waals surface area contributed by atoms with Crippen LogP contribution in [0.2, 0.25) is 0 Å². The Morgan fingerprint density at radius 1 is 1.50 bits per heavy atom. The third-order valence-electron chi connectivity index (χ3n) is 3.53. The molecule has 2 rings (SSSR count). The molecule has 4 heteroatoms. The van der Waals surface area contributed by atoms with Gasteiger partial charge in [-0.05, 0) is 52.8 Å². The molecule has 1 aromatic heterocycles. The summed E-state index contributed by atoms with van der Waals surface area (Å²) in [5.41, 5.74) is -0.524. The first-order chi connectivity index (χ1) is 8.44. The SMILES string of the molecule is CNC(C)(C)C(=O)N(Cc1ccc(C)o1)C1CC1. The largest absolute Gasteiger partial charge is 0.464 e. The summed E-state index contributed by atoms with van der Waals surface area (Å²) in [7, 11) is 1.82. The van der Waals surface area contributed by atoms with Crippen LogP contribution >= 0.6 is 0 Å². The lowest BCUT2D eigenvalue weighted by atomic mass is 10.0. The average molecular weight is 250 g/mol. The molecule has 1 N–H and O–H groups in total. The standard InChI is InChI=1S/C14H22N2O2/c1-10-5-8-12(18-10)9-16(11-6-7-11)13(17)14(2,3)15-4/h5,8,11,15H,6-7,9H2,1-4H3. The summed E-state index contributed by atoms with van der Waals surface area (Å²) < 4.78 is 5.57. The summed E-state index contributed by atoms with van der Waals surface area (Å²) >= 11 is 0. The molecule has 100 valence electrons. The highest BCUT2D eigenvalue weighted by molar-refractivity contribution is 5.86. The predicted octanol–water partition coefficient (Wildman–Crippen LogP) is 2.08. The molecule has 0 saturated heterocycles. The van der Waals surface area contributed by atoms with E-state index in [4.69, 9.17) is 4.42 Å². The minimum absolute atomic E-state index is 0.140. The lowest BCUT2D eigenvalue weighted by Crippen LogP contribution is -2.53. The van der Waals surface area contributed by atoms with Crippen LogP contribution in [0.25, 0.3) is 0 Å². The molecular formula is C14H22N2O2. The molecule has 0 aliphatic heterocycles. The number of hydrogen-bond acceptors (Lipinski definition) is 3. The normalized spacial score (nSPS) is 15.8. The van der Waals surface area contributed by atoms with Gasteiger partial charge < -0.3 is 14.6 Å². The van der Waals surface area contributed by atoms with Crippen molar-refractivity contribution in [1.82, 2.24) is 10.2 Å². The van der Waals surface area contributed by atoms with Crippen LogP contribution in [0.5, 0.6) is 0 Å². The lowest BCUT2D eigenvalue weighted by molar-refractivity contribution is -0.138. The van der Waals surface area contributed by atoms with Gasteiger partial charge in [-0.25, -0.2) is 0 Å². The zero-order chi connectivity index (χ0) is 13.3. The Hall–Kier alpha value is -1.29. The number of likely N-dealkylation sites (N-methyl/N-ethyl adjacent to an activating group) is 1. The van der Waals surface area contributed by atoms with Crippen molar-refractivity contribution in [1.29, 1.82) is 0 Å². The van der Waals surface area contributed by atoms with Crippen LogP contribution < -0.4 is 5.32 Å². The summed E-state index contributed by atoms with van der Waals surface area (Å²) in [5, 5.41) is 3.07. The molecule has 1 amide bonds. The number of nitrogens with one attached hydrogen (secondary N) is 1. The van der Waals surface area contributed by atoms with Crippen LogP contribution in [0.15, 0.2) is 16.5 Å². The van der Waals surface area contributed by atoms with Crippen molar-refractivity contribution in [2.45, 2.75) is 51.7 Å². The monoisotopic (exact) mass is 250 g/mol. The van der Waals surface area contributed by atoms with E-state index in [0.717, 1.165) is 24.4 Å². The van der Waals surface area contributed by atoms with Crippen molar-refractivity contribution in [3.05, 3.63) is 23.7 Å². The van der Waals surface area contributed by atoms with Crippen LogP contribution in [-0.4, -0.2) is 29.4 Å². The fraction of sp³-hybridized carbons (Fsp3) is 0.643. The molecule has 1 aliphatic carbocycles. The first-order valence-electron chi connectivity index (χ1n) is 6.49. The Morgan fingerprint density at radius 2 is 2.17 bits per heavy atom. The Balaban J connectivity index is 2.11. The second-order valence-electron chi connectivity index (χ2n) is 5.55. The molecule has 1 saturated carbocycles. The van der Waals surface area contributed by atoms with Crippen molar-refractivity contribution in [2.75, 3.05) is 7.05 Å². The molecule has 4 nitrogen and oxygen atoms in total. The van der Waals surface area contributed by atoms with Gasteiger partial charge in [-0.1, -0.05) is 0 Å². The van der Waals surface area contributed by atoms with Crippen molar-refractivity contribution >= 4 is 5.91 Å². The Kier molecular flexibility index (Phi) is 3.48. The van der Waals surface area contributed by atoms with Gasteiger partial charge in [0.05, 0.1) is 12.1 Å². The fourth-order valence-electron chi connectivity index (χ4n) is 1.96. The zero-order valence-electron chi connectivity index (χ0n) is 11.6. The van der Waals surface area contributed by atoms with Gasteiger partial charge in [0.25, 0.3) is 0 Å². The van der Waals surface area contributed by atoms with Crippen LogP contribution in [0, 0.1) is 6.92 Å². The van der Waals surface area contributed by atoms with Gasteiger partial charge >= 0.3 is 0 Å². The third-order valence-corrected chi connectivity index (χ3v) is 3.53. The molecule has 1 heterocycles. The number of carbonyl (C=O) groups excluding carboxylic acids is 1. The molecule has 0 spiro atoms. The number of amides is 1. The zero-order valence-corrected chi connectivity index (χ0v) is 11.6. The minimum atomic E-state index is -0.524. The van der Waals surface area contributed by atoms with Crippen molar-refractivity contribution in [2.24, 2.45) is 0 Å². The van der Waals surface area contributed by atoms with Gasteiger partial charge in [0.2, 0.25) is 5.91 Å². The van der Waals surface area contributed by atoms with Gasteiger partial charge in [0.15, 0.2) is 0 Å². The minimum Gasteiger partial charge on any atom is -0.464 e. The number of furan rings is 1. The van der Waals surface area contributed by atoms with E-state index in [9.17, 15) is 4.79 Å². The van der Waals surface area contributed by atoms with E-state index >= 15 is 0 Å². The first-order valence-corrected chi connectivity index (χ1v) is 6.49. The van der Waals surface area contributed by atoms with Gasteiger partial charge in [0.1, 0.15) is 11.5 Å². The molecule has 1 fully saturated rings. The van der Waals surface area contributed by atoms with Gasteiger partial charge in [-0.2, -0.15) is 0 Å². The summed E-state index contributed by atoms with van der Waals surface area (Å²) in [6, 6.07) is 4.27. The first kappa shape index (κ1) is 13.1. The average Bonchev–Trinajstić information content (AvgIpc) is 3.09. The molecule has 0 radical (unpaired) electrons. The highest BCUT2D eigenvalue weighted by Crippen LogP contribution is 2.30. The summed E-state index contributed by atoms with van der Waals surface area (Å²) in [4.78, 5) is 14.4. The van der Waals surface area contributed by atoms with Crippen LogP contribution in [0.3, 0.4) is 0 Å². The molecule has 0 aromatic carbocycles. The van der Waals surface area contributed by atoms with Crippen LogP contribution in [0.1, 0.15) is 38.2 Å². The second kappa shape index (κ2) is 4.76. The smallest absolute Gasteiger partial charge is 0.242 e. The number of hydrogen-bond donors (Lipinski definition) is 1. The Bertz CT molecular complexity index is 433. The number of nitrogens with zero attached hydrogens (tertiary/aromatic N) is 1. The topological polar surface area (TPSA) is 45.5 Å². The van der Waals surface area contributed by atoms with E-state index in [0.29, 0.717) is 12.6 Å². The highest BCUT2D eigenvalue weighted by atomic mass is 16.3. The maximum absolute atomic E-state index is 12.5. The van der Waals surface area contributed by atoms with E-state index in [1.807, 2.05) is 44.9 Å². The summed E-state index contributed by atoms with van der Waals surface area (Å²) in [6.07, 6.45) is 2.20. The van der Waals surface area contributed by atoms with Gasteiger partial charge in [0, 0.05) is 6.04 Å². The van der Waals surface area contributed by atoms with E-state index in [1.165, 1.54) is 0 Å². The molecule has 1 aromatic rings. The van der Waals surface area contributed by atoms with Crippen LogP contribution in [-0.2, 0) is 11.3 Å². The van der Waals surface area contributed by atoms with Crippen LogP contribution in [0.4, 0.5) is 0 Å². The van der Waals surface area contributed by atoms with E-state index in [-0.39, 0.29) is 5.91 Å². The second-order valence-corrected chi connectivity index (χ2v) is 5.55.